The van der Waals surface area contributed by atoms with Gasteiger partial charge in [0.2, 0.25) is 0 Å². The van der Waals surface area contributed by atoms with E-state index in [0.717, 1.165) is 17.2 Å². The van der Waals surface area contributed by atoms with Crippen molar-refractivity contribution in [2.24, 2.45) is 0 Å². The van der Waals surface area contributed by atoms with Gasteiger partial charge in [0.05, 0.1) is 19.3 Å². The summed E-state index contributed by atoms with van der Waals surface area (Å²) in [5.74, 6) is -1.09. The molecule has 0 atom stereocenters. The number of benzene rings is 2. The highest BCUT2D eigenvalue weighted by molar-refractivity contribution is 5.91. The highest BCUT2D eigenvalue weighted by Crippen LogP contribution is 2.23. The van der Waals surface area contributed by atoms with Crippen molar-refractivity contribution in [2.75, 3.05) is 7.11 Å². The van der Waals surface area contributed by atoms with Crippen molar-refractivity contribution in [3.8, 4) is 11.1 Å². The average Bonchev–Trinajstić information content (AvgIpc) is 2.45. The number of esters is 1. The van der Waals surface area contributed by atoms with Gasteiger partial charge in [-0.05, 0) is 41.0 Å². The molecule has 0 aliphatic heterocycles. The smallest absolute Gasteiger partial charge is 0.337 e. The molecule has 98 valence electrons. The second-order valence-corrected chi connectivity index (χ2v) is 4.08. The number of aliphatic hydroxyl groups excluding tert-OH is 1. The lowest BCUT2D eigenvalue weighted by Gasteiger charge is -2.06. The third-order valence-corrected chi connectivity index (χ3v) is 2.76. The monoisotopic (exact) mass is 260 g/mol. The van der Waals surface area contributed by atoms with Crippen molar-refractivity contribution >= 4 is 5.97 Å². The standard InChI is InChI=1S/C15H13FO3/c1-19-15(18)13-6-12(7-14(16)8-13)11-4-2-3-10(5-11)9-17/h2-8,17H,9H2,1H3. The molecule has 0 bridgehead atoms. The number of carbonyl (C=O) groups is 1. The number of hydrogen-bond acceptors (Lipinski definition) is 3. The molecule has 3 nitrogen and oxygen atoms in total. The van der Waals surface area contributed by atoms with Gasteiger partial charge in [-0.25, -0.2) is 9.18 Å². The van der Waals surface area contributed by atoms with Gasteiger partial charge in [0.1, 0.15) is 5.82 Å². The molecule has 4 heteroatoms. The van der Waals surface area contributed by atoms with E-state index in [1.807, 2.05) is 0 Å². The van der Waals surface area contributed by atoms with Crippen molar-refractivity contribution in [1.82, 2.24) is 0 Å². The zero-order valence-electron chi connectivity index (χ0n) is 10.4. The molecule has 0 aromatic heterocycles. The van der Waals surface area contributed by atoms with Crippen molar-refractivity contribution in [1.29, 1.82) is 0 Å². The molecule has 1 N–H and O–H groups in total. The van der Waals surface area contributed by atoms with E-state index < -0.39 is 11.8 Å². The third-order valence-electron chi connectivity index (χ3n) is 2.76. The minimum absolute atomic E-state index is 0.0903. The van der Waals surface area contributed by atoms with E-state index in [1.54, 1.807) is 30.3 Å². The molecule has 19 heavy (non-hydrogen) atoms. The summed E-state index contributed by atoms with van der Waals surface area (Å²) < 4.78 is 18.1. The van der Waals surface area contributed by atoms with Crippen LogP contribution in [0.25, 0.3) is 11.1 Å². The van der Waals surface area contributed by atoms with Crippen molar-refractivity contribution < 1.29 is 19.0 Å². The molecule has 0 spiro atoms. The quantitative estimate of drug-likeness (QED) is 0.863. The molecule has 0 saturated heterocycles. The SMILES string of the molecule is COC(=O)c1cc(F)cc(-c2cccc(CO)c2)c1. The van der Waals surface area contributed by atoms with Gasteiger partial charge < -0.3 is 9.84 Å². The molecule has 2 rings (SSSR count). The first kappa shape index (κ1) is 13.2. The summed E-state index contributed by atoms with van der Waals surface area (Å²) in [4.78, 5) is 11.4. The number of methoxy groups -OCH3 is 1. The Morgan fingerprint density at radius 3 is 2.68 bits per heavy atom. The minimum Gasteiger partial charge on any atom is -0.465 e. The van der Waals surface area contributed by atoms with Crippen LogP contribution in [0.4, 0.5) is 4.39 Å². The first-order chi connectivity index (χ1) is 9.13. The Balaban J connectivity index is 2.49. The molecule has 0 aliphatic carbocycles. The number of rotatable bonds is 3. The molecule has 0 radical (unpaired) electrons. The fraction of sp³-hybridized carbons (Fsp3) is 0.133. The molecular weight excluding hydrogens is 247 g/mol. The van der Waals surface area contributed by atoms with Gasteiger partial charge in [-0.15, -0.1) is 0 Å². The van der Waals surface area contributed by atoms with Crippen molar-refractivity contribution in [3.05, 3.63) is 59.4 Å². The average molecular weight is 260 g/mol. The van der Waals surface area contributed by atoms with E-state index in [0.29, 0.717) is 5.56 Å². The normalized spacial score (nSPS) is 10.3. The fourth-order valence-corrected chi connectivity index (χ4v) is 1.84. The van der Waals surface area contributed by atoms with E-state index in [-0.39, 0.29) is 12.2 Å². The van der Waals surface area contributed by atoms with E-state index in [9.17, 15) is 9.18 Å². The Morgan fingerprint density at radius 2 is 2.00 bits per heavy atom. The molecule has 0 unspecified atom stereocenters. The van der Waals surface area contributed by atoms with E-state index in [1.165, 1.54) is 13.2 Å². The van der Waals surface area contributed by atoms with Crippen LogP contribution in [0.2, 0.25) is 0 Å². The van der Waals surface area contributed by atoms with E-state index >= 15 is 0 Å². The Hall–Kier alpha value is -2.20. The molecule has 0 heterocycles. The summed E-state index contributed by atoms with van der Waals surface area (Å²) in [6.45, 7) is -0.0903. The number of halogens is 1. The number of aliphatic hydroxyl groups is 1. The van der Waals surface area contributed by atoms with Crippen LogP contribution in [0.5, 0.6) is 0 Å². The Bertz CT molecular complexity index is 608. The second-order valence-electron chi connectivity index (χ2n) is 4.08. The van der Waals surface area contributed by atoms with Gasteiger partial charge in [-0.3, -0.25) is 0 Å². The minimum atomic E-state index is -0.584. The van der Waals surface area contributed by atoms with Crippen LogP contribution >= 0.6 is 0 Å². The summed E-state index contributed by atoms with van der Waals surface area (Å²) in [6, 6.07) is 11.1. The molecule has 2 aromatic rings. The molecule has 0 fully saturated rings. The van der Waals surface area contributed by atoms with Crippen LogP contribution in [0.3, 0.4) is 0 Å². The summed E-state index contributed by atoms with van der Waals surface area (Å²) in [7, 11) is 1.25. The number of hydrogen-bond donors (Lipinski definition) is 1. The predicted molar refractivity (Wildman–Crippen MR) is 69.1 cm³/mol. The highest BCUT2D eigenvalue weighted by atomic mass is 19.1. The predicted octanol–water partition coefficient (Wildman–Crippen LogP) is 2.77. The maximum atomic E-state index is 13.5. The topological polar surface area (TPSA) is 46.5 Å². The first-order valence-corrected chi connectivity index (χ1v) is 5.73. The fourth-order valence-electron chi connectivity index (χ4n) is 1.84. The summed E-state index contributed by atoms with van der Waals surface area (Å²) >= 11 is 0. The third kappa shape index (κ3) is 2.98. The van der Waals surface area contributed by atoms with Crippen LogP contribution in [0.15, 0.2) is 42.5 Å². The van der Waals surface area contributed by atoms with Crippen LogP contribution in [0, 0.1) is 5.82 Å². The molecular formula is C15H13FO3. The Morgan fingerprint density at radius 1 is 1.21 bits per heavy atom. The number of ether oxygens (including phenoxy) is 1. The second kappa shape index (κ2) is 5.63. The molecule has 0 saturated carbocycles. The Labute approximate surface area is 110 Å². The van der Waals surface area contributed by atoms with Crippen molar-refractivity contribution in [2.45, 2.75) is 6.61 Å². The maximum absolute atomic E-state index is 13.5. The largest absolute Gasteiger partial charge is 0.465 e. The maximum Gasteiger partial charge on any atom is 0.337 e. The first-order valence-electron chi connectivity index (χ1n) is 5.73. The summed E-state index contributed by atoms with van der Waals surface area (Å²) in [6.07, 6.45) is 0. The Kier molecular flexibility index (Phi) is 3.92. The van der Waals surface area contributed by atoms with E-state index in [4.69, 9.17) is 5.11 Å². The molecule has 2 aromatic carbocycles. The van der Waals surface area contributed by atoms with Crippen molar-refractivity contribution in [3.63, 3.8) is 0 Å². The van der Waals surface area contributed by atoms with Crippen LogP contribution < -0.4 is 0 Å². The van der Waals surface area contributed by atoms with Gasteiger partial charge in [-0.1, -0.05) is 18.2 Å². The van der Waals surface area contributed by atoms with Crippen LogP contribution in [-0.4, -0.2) is 18.2 Å². The summed E-state index contributed by atoms with van der Waals surface area (Å²) in [5, 5.41) is 9.10. The lowest BCUT2D eigenvalue weighted by molar-refractivity contribution is 0.0600. The molecule has 0 aliphatic rings. The highest BCUT2D eigenvalue weighted by Gasteiger charge is 2.10. The van der Waals surface area contributed by atoms with E-state index in [2.05, 4.69) is 4.74 Å². The van der Waals surface area contributed by atoms with Gasteiger partial charge in [-0.2, -0.15) is 0 Å². The molecule has 0 amide bonds. The van der Waals surface area contributed by atoms with Gasteiger partial charge >= 0.3 is 5.97 Å². The van der Waals surface area contributed by atoms with Gasteiger partial charge in [0, 0.05) is 0 Å². The number of carbonyl (C=O) groups excluding carboxylic acids is 1. The lowest BCUT2D eigenvalue weighted by atomic mass is 10.0. The van der Waals surface area contributed by atoms with Crippen LogP contribution in [-0.2, 0) is 11.3 Å². The zero-order valence-corrected chi connectivity index (χ0v) is 10.4. The lowest BCUT2D eigenvalue weighted by Crippen LogP contribution is -2.02. The van der Waals surface area contributed by atoms with Crippen LogP contribution in [0.1, 0.15) is 15.9 Å². The zero-order chi connectivity index (χ0) is 13.8. The van der Waals surface area contributed by atoms with Gasteiger partial charge in [0.15, 0.2) is 0 Å². The van der Waals surface area contributed by atoms with Gasteiger partial charge in [0.25, 0.3) is 0 Å². The summed E-state index contributed by atoms with van der Waals surface area (Å²) in [5.41, 5.74) is 2.18.